The molecule has 0 spiro atoms. The van der Waals surface area contributed by atoms with E-state index < -0.39 is 10.0 Å². The minimum absolute atomic E-state index is 0.0268. The van der Waals surface area contributed by atoms with E-state index in [1.165, 1.54) is 20.3 Å². The zero-order valence-corrected chi connectivity index (χ0v) is 14.9. The number of rotatable bonds is 5. The summed E-state index contributed by atoms with van der Waals surface area (Å²) in [6.45, 7) is 3.62. The molecule has 0 amide bonds. The number of sulfonamides is 1. The maximum atomic E-state index is 12.6. The van der Waals surface area contributed by atoms with Gasteiger partial charge < -0.3 is 9.47 Å². The van der Waals surface area contributed by atoms with Gasteiger partial charge in [-0.05, 0) is 43.2 Å². The third-order valence-electron chi connectivity index (χ3n) is 3.35. The Morgan fingerprint density at radius 1 is 1.00 bits per heavy atom. The van der Waals surface area contributed by atoms with Crippen LogP contribution in [0.5, 0.6) is 11.5 Å². The van der Waals surface area contributed by atoms with Crippen molar-refractivity contribution in [3.63, 3.8) is 0 Å². The number of halogens is 1. The van der Waals surface area contributed by atoms with Crippen LogP contribution in [0.3, 0.4) is 0 Å². The fraction of sp³-hybridized carbons (Fsp3) is 0.250. The molecular weight excluding hydrogens is 338 g/mol. The molecule has 0 atom stereocenters. The lowest BCUT2D eigenvalue weighted by molar-refractivity contribution is 0.355. The maximum Gasteiger partial charge on any atom is 0.263 e. The summed E-state index contributed by atoms with van der Waals surface area (Å²) in [5.74, 6) is 0.965. The molecule has 0 bridgehead atoms. The second-order valence-electron chi connectivity index (χ2n) is 5.06. The third-order valence-corrected chi connectivity index (χ3v) is 5.20. The van der Waals surface area contributed by atoms with Crippen LogP contribution in [-0.2, 0) is 10.0 Å². The summed E-state index contributed by atoms with van der Waals surface area (Å²) in [5.41, 5.74) is 1.99. The summed E-state index contributed by atoms with van der Waals surface area (Å²) in [7, 11) is -0.797. The number of anilines is 1. The van der Waals surface area contributed by atoms with Crippen molar-refractivity contribution in [2.45, 2.75) is 18.7 Å². The number of ether oxygens (including phenoxy) is 2. The normalized spacial score (nSPS) is 11.2. The van der Waals surface area contributed by atoms with Crippen molar-refractivity contribution in [2.24, 2.45) is 0 Å². The zero-order chi connectivity index (χ0) is 17.2. The van der Waals surface area contributed by atoms with E-state index in [-0.39, 0.29) is 9.92 Å². The quantitative estimate of drug-likeness (QED) is 0.886. The first-order valence-electron chi connectivity index (χ1n) is 6.80. The van der Waals surface area contributed by atoms with E-state index in [1.54, 1.807) is 31.2 Å². The maximum absolute atomic E-state index is 12.6. The average Bonchev–Trinajstić information content (AvgIpc) is 2.48. The van der Waals surface area contributed by atoms with Gasteiger partial charge in [-0.15, -0.1) is 0 Å². The SMILES string of the molecule is COc1cc(C)c(NS(=O)(=O)c2ccc(C)cc2Cl)cc1OC. The lowest BCUT2D eigenvalue weighted by Crippen LogP contribution is -2.14. The Labute approximate surface area is 141 Å². The van der Waals surface area contributed by atoms with Gasteiger partial charge in [0, 0.05) is 6.07 Å². The van der Waals surface area contributed by atoms with Crippen molar-refractivity contribution in [1.29, 1.82) is 0 Å². The standard InChI is InChI=1S/C16H18ClNO4S/c1-10-5-6-16(12(17)7-10)23(19,20)18-13-9-15(22-4)14(21-3)8-11(13)2/h5-9,18H,1-4H3. The highest BCUT2D eigenvalue weighted by Gasteiger charge is 2.20. The molecule has 7 heteroatoms. The van der Waals surface area contributed by atoms with Gasteiger partial charge in [-0.1, -0.05) is 17.7 Å². The van der Waals surface area contributed by atoms with Crippen LogP contribution < -0.4 is 14.2 Å². The number of hydrogen-bond donors (Lipinski definition) is 1. The summed E-state index contributed by atoms with van der Waals surface area (Å²) < 4.78 is 38.1. The summed E-state index contributed by atoms with van der Waals surface area (Å²) in [6, 6.07) is 8.07. The van der Waals surface area contributed by atoms with Gasteiger partial charge in [-0.2, -0.15) is 0 Å². The minimum Gasteiger partial charge on any atom is -0.493 e. The summed E-state index contributed by atoms with van der Waals surface area (Å²) in [5, 5.41) is 0.177. The van der Waals surface area contributed by atoms with Gasteiger partial charge in [0.05, 0.1) is 24.9 Å². The van der Waals surface area contributed by atoms with Gasteiger partial charge in [0.25, 0.3) is 10.0 Å². The largest absolute Gasteiger partial charge is 0.493 e. The van der Waals surface area contributed by atoms with Crippen molar-refractivity contribution in [1.82, 2.24) is 0 Å². The highest BCUT2D eigenvalue weighted by Crippen LogP contribution is 2.34. The molecule has 0 aliphatic rings. The van der Waals surface area contributed by atoms with Crippen molar-refractivity contribution in [2.75, 3.05) is 18.9 Å². The second-order valence-corrected chi connectivity index (χ2v) is 7.12. The van der Waals surface area contributed by atoms with E-state index in [9.17, 15) is 8.42 Å². The Morgan fingerprint density at radius 2 is 1.61 bits per heavy atom. The van der Waals surface area contributed by atoms with Crippen molar-refractivity contribution >= 4 is 27.3 Å². The number of methoxy groups -OCH3 is 2. The zero-order valence-electron chi connectivity index (χ0n) is 13.3. The van der Waals surface area contributed by atoms with E-state index in [4.69, 9.17) is 21.1 Å². The van der Waals surface area contributed by atoms with Crippen LogP contribution in [0.4, 0.5) is 5.69 Å². The van der Waals surface area contributed by atoms with Crippen molar-refractivity contribution < 1.29 is 17.9 Å². The fourth-order valence-electron chi connectivity index (χ4n) is 2.11. The molecule has 0 fully saturated rings. The first kappa shape index (κ1) is 17.4. The lowest BCUT2D eigenvalue weighted by atomic mass is 10.2. The summed E-state index contributed by atoms with van der Waals surface area (Å²) in [6.07, 6.45) is 0. The fourth-order valence-corrected chi connectivity index (χ4v) is 3.84. The highest BCUT2D eigenvalue weighted by atomic mass is 35.5. The molecule has 124 valence electrons. The second kappa shape index (κ2) is 6.68. The predicted molar refractivity (Wildman–Crippen MR) is 91.3 cm³/mol. The van der Waals surface area contributed by atoms with Crippen LogP contribution in [0.1, 0.15) is 11.1 Å². The predicted octanol–water partition coefficient (Wildman–Crippen LogP) is 3.77. The molecule has 5 nitrogen and oxygen atoms in total. The van der Waals surface area contributed by atoms with Crippen LogP contribution in [0, 0.1) is 13.8 Å². The van der Waals surface area contributed by atoms with Gasteiger partial charge in [0.1, 0.15) is 4.90 Å². The number of nitrogens with one attached hydrogen (secondary N) is 1. The van der Waals surface area contributed by atoms with Crippen LogP contribution in [-0.4, -0.2) is 22.6 Å². The molecule has 1 N–H and O–H groups in total. The van der Waals surface area contributed by atoms with Crippen LogP contribution in [0.15, 0.2) is 35.2 Å². The molecule has 0 aromatic heterocycles. The Kier molecular flexibility index (Phi) is 5.06. The van der Waals surface area contributed by atoms with Gasteiger partial charge in [-0.25, -0.2) is 8.42 Å². The highest BCUT2D eigenvalue weighted by molar-refractivity contribution is 7.92. The minimum atomic E-state index is -3.81. The molecule has 0 heterocycles. The van der Waals surface area contributed by atoms with E-state index in [1.807, 2.05) is 6.92 Å². The van der Waals surface area contributed by atoms with Gasteiger partial charge >= 0.3 is 0 Å². The molecule has 0 saturated carbocycles. The van der Waals surface area contributed by atoms with E-state index in [2.05, 4.69) is 4.72 Å². The number of benzene rings is 2. The van der Waals surface area contributed by atoms with E-state index in [0.29, 0.717) is 22.7 Å². The van der Waals surface area contributed by atoms with Gasteiger partial charge in [0.15, 0.2) is 11.5 Å². The Bertz CT molecular complexity index is 834. The molecule has 0 unspecified atom stereocenters. The Balaban J connectivity index is 2.45. The summed E-state index contributed by atoms with van der Waals surface area (Å²) in [4.78, 5) is 0.0268. The third kappa shape index (κ3) is 3.71. The molecule has 0 aliphatic heterocycles. The molecule has 0 aliphatic carbocycles. The monoisotopic (exact) mass is 355 g/mol. The van der Waals surface area contributed by atoms with Gasteiger partial charge in [-0.3, -0.25) is 4.72 Å². The van der Waals surface area contributed by atoms with Crippen molar-refractivity contribution in [3.8, 4) is 11.5 Å². The number of hydrogen-bond acceptors (Lipinski definition) is 4. The van der Waals surface area contributed by atoms with Gasteiger partial charge in [0.2, 0.25) is 0 Å². The lowest BCUT2D eigenvalue weighted by Gasteiger charge is -2.15. The van der Waals surface area contributed by atoms with Crippen molar-refractivity contribution in [3.05, 3.63) is 46.5 Å². The Hall–Kier alpha value is -1.92. The molecular formula is C16H18ClNO4S. The molecule has 2 aromatic carbocycles. The molecule has 23 heavy (non-hydrogen) atoms. The van der Waals surface area contributed by atoms with Crippen LogP contribution >= 0.6 is 11.6 Å². The smallest absolute Gasteiger partial charge is 0.263 e. The number of aryl methyl sites for hydroxylation is 2. The first-order chi connectivity index (χ1) is 10.8. The summed E-state index contributed by atoms with van der Waals surface area (Å²) >= 11 is 6.06. The average molecular weight is 356 g/mol. The van der Waals surface area contributed by atoms with E-state index >= 15 is 0 Å². The molecule has 2 rings (SSSR count). The van der Waals surface area contributed by atoms with E-state index in [0.717, 1.165) is 5.56 Å². The molecule has 2 aromatic rings. The Morgan fingerprint density at radius 3 is 2.17 bits per heavy atom. The topological polar surface area (TPSA) is 64.6 Å². The van der Waals surface area contributed by atoms with Crippen LogP contribution in [0.25, 0.3) is 0 Å². The first-order valence-corrected chi connectivity index (χ1v) is 8.66. The molecule has 0 radical (unpaired) electrons. The van der Waals surface area contributed by atoms with Crippen LogP contribution in [0.2, 0.25) is 5.02 Å². The molecule has 0 saturated heterocycles.